The van der Waals surface area contributed by atoms with E-state index in [0.29, 0.717) is 21.3 Å². The van der Waals surface area contributed by atoms with Gasteiger partial charge >= 0.3 is 0 Å². The SMILES string of the molecule is NC(=O)c1ccc(CNC(=O)c2csc3nc[nH]c(=O)c23)cc1. The van der Waals surface area contributed by atoms with Crippen LogP contribution in [0.3, 0.4) is 0 Å². The highest BCUT2D eigenvalue weighted by molar-refractivity contribution is 7.17. The van der Waals surface area contributed by atoms with E-state index in [2.05, 4.69) is 15.3 Å². The number of nitrogens with one attached hydrogen (secondary N) is 2. The maximum atomic E-state index is 12.3. The molecular formula is C15H12N4O3S. The summed E-state index contributed by atoms with van der Waals surface area (Å²) in [5.41, 5.74) is 6.35. The van der Waals surface area contributed by atoms with Crippen molar-refractivity contribution in [3.8, 4) is 0 Å². The zero-order chi connectivity index (χ0) is 16.4. The van der Waals surface area contributed by atoms with Crippen LogP contribution in [0.25, 0.3) is 10.2 Å². The van der Waals surface area contributed by atoms with Crippen LogP contribution >= 0.6 is 11.3 Å². The summed E-state index contributed by atoms with van der Waals surface area (Å²) in [4.78, 5) is 42.1. The molecule has 0 saturated carbocycles. The van der Waals surface area contributed by atoms with Gasteiger partial charge in [0.2, 0.25) is 5.91 Å². The lowest BCUT2D eigenvalue weighted by Crippen LogP contribution is -2.24. The van der Waals surface area contributed by atoms with Crippen LogP contribution in [-0.2, 0) is 6.54 Å². The number of aromatic nitrogens is 2. The van der Waals surface area contributed by atoms with Crippen molar-refractivity contribution in [3.05, 3.63) is 63.0 Å². The summed E-state index contributed by atoms with van der Waals surface area (Å²) in [5, 5.41) is 4.64. The van der Waals surface area contributed by atoms with Gasteiger partial charge < -0.3 is 16.0 Å². The molecule has 2 amide bonds. The Morgan fingerprint density at radius 2 is 2.00 bits per heavy atom. The quantitative estimate of drug-likeness (QED) is 0.662. The lowest BCUT2D eigenvalue weighted by atomic mass is 10.1. The van der Waals surface area contributed by atoms with Gasteiger partial charge in [0.1, 0.15) is 4.83 Å². The van der Waals surface area contributed by atoms with Crippen LogP contribution in [0.15, 0.2) is 40.8 Å². The molecule has 0 unspecified atom stereocenters. The van der Waals surface area contributed by atoms with Gasteiger partial charge in [0.25, 0.3) is 11.5 Å². The molecule has 0 fully saturated rings. The van der Waals surface area contributed by atoms with Crippen molar-refractivity contribution in [1.29, 1.82) is 0 Å². The van der Waals surface area contributed by atoms with Crippen LogP contribution in [0.5, 0.6) is 0 Å². The monoisotopic (exact) mass is 328 g/mol. The van der Waals surface area contributed by atoms with Gasteiger partial charge in [0.15, 0.2) is 0 Å². The number of amides is 2. The van der Waals surface area contributed by atoms with E-state index >= 15 is 0 Å². The van der Waals surface area contributed by atoms with E-state index < -0.39 is 5.91 Å². The first kappa shape index (κ1) is 14.9. The highest BCUT2D eigenvalue weighted by Crippen LogP contribution is 2.20. The van der Waals surface area contributed by atoms with Gasteiger partial charge in [-0.1, -0.05) is 12.1 Å². The molecule has 2 aromatic heterocycles. The molecule has 116 valence electrons. The first-order chi connectivity index (χ1) is 11.1. The van der Waals surface area contributed by atoms with Crippen molar-refractivity contribution in [2.75, 3.05) is 0 Å². The van der Waals surface area contributed by atoms with Gasteiger partial charge in [-0.3, -0.25) is 14.4 Å². The molecule has 23 heavy (non-hydrogen) atoms. The van der Waals surface area contributed by atoms with Gasteiger partial charge in [-0.05, 0) is 17.7 Å². The van der Waals surface area contributed by atoms with Crippen molar-refractivity contribution in [1.82, 2.24) is 15.3 Å². The number of primary amides is 1. The molecule has 0 aliphatic heterocycles. The average molecular weight is 328 g/mol. The molecule has 7 nitrogen and oxygen atoms in total. The number of rotatable bonds is 4. The van der Waals surface area contributed by atoms with Crippen molar-refractivity contribution in [3.63, 3.8) is 0 Å². The van der Waals surface area contributed by atoms with Crippen LogP contribution in [0.4, 0.5) is 0 Å². The fourth-order valence-electron chi connectivity index (χ4n) is 2.12. The molecule has 0 saturated heterocycles. The number of thiophene rings is 1. The Bertz CT molecular complexity index is 943. The van der Waals surface area contributed by atoms with E-state index in [-0.39, 0.29) is 18.0 Å². The standard InChI is InChI=1S/C15H12N4O3S/c16-12(20)9-3-1-8(2-4-9)5-17-13(21)10-6-23-15-11(10)14(22)18-7-19-15/h1-4,6-7H,5H2,(H2,16,20)(H,17,21)(H,18,19,22). The molecule has 0 aliphatic rings. The third-order valence-electron chi connectivity index (χ3n) is 3.31. The molecule has 4 N–H and O–H groups in total. The fourth-order valence-corrected chi connectivity index (χ4v) is 3.00. The van der Waals surface area contributed by atoms with E-state index in [1.54, 1.807) is 29.6 Å². The van der Waals surface area contributed by atoms with E-state index in [1.165, 1.54) is 17.7 Å². The number of nitrogens with two attached hydrogens (primary N) is 1. The van der Waals surface area contributed by atoms with Crippen LogP contribution in [0.2, 0.25) is 0 Å². The van der Waals surface area contributed by atoms with Crippen molar-refractivity contribution in [2.24, 2.45) is 5.73 Å². The van der Waals surface area contributed by atoms with Crippen LogP contribution < -0.4 is 16.6 Å². The zero-order valence-corrected chi connectivity index (χ0v) is 12.6. The summed E-state index contributed by atoms with van der Waals surface area (Å²) in [5.74, 6) is -0.856. The summed E-state index contributed by atoms with van der Waals surface area (Å²) in [6.45, 7) is 0.271. The smallest absolute Gasteiger partial charge is 0.260 e. The summed E-state index contributed by atoms with van der Waals surface area (Å²) < 4.78 is 0. The first-order valence-corrected chi connectivity index (χ1v) is 7.56. The Kier molecular flexibility index (Phi) is 3.90. The number of nitrogens with zero attached hydrogens (tertiary/aromatic N) is 1. The molecule has 0 spiro atoms. The highest BCUT2D eigenvalue weighted by atomic mass is 32.1. The molecule has 3 aromatic rings. The van der Waals surface area contributed by atoms with Crippen LogP contribution in [-0.4, -0.2) is 21.8 Å². The predicted molar refractivity (Wildman–Crippen MR) is 86.4 cm³/mol. The second-order valence-electron chi connectivity index (χ2n) is 4.81. The minimum absolute atomic E-state index is 0.271. The minimum atomic E-state index is -0.503. The Morgan fingerprint density at radius 1 is 1.26 bits per heavy atom. The lowest BCUT2D eigenvalue weighted by molar-refractivity contribution is 0.0951. The Hall–Kier alpha value is -3.00. The molecule has 0 aliphatic carbocycles. The normalized spacial score (nSPS) is 10.6. The third kappa shape index (κ3) is 2.97. The van der Waals surface area contributed by atoms with Gasteiger partial charge in [0, 0.05) is 17.5 Å². The lowest BCUT2D eigenvalue weighted by Gasteiger charge is -2.05. The molecule has 0 bridgehead atoms. The largest absolute Gasteiger partial charge is 0.366 e. The predicted octanol–water partition coefficient (Wildman–Crippen LogP) is 1.01. The molecular weight excluding hydrogens is 316 g/mol. The van der Waals surface area contributed by atoms with Crippen molar-refractivity contribution >= 4 is 33.4 Å². The van der Waals surface area contributed by atoms with E-state index in [9.17, 15) is 14.4 Å². The van der Waals surface area contributed by atoms with Gasteiger partial charge in [-0.2, -0.15) is 0 Å². The number of carbonyl (C=O) groups is 2. The van der Waals surface area contributed by atoms with E-state index in [4.69, 9.17) is 5.73 Å². The number of hydrogen-bond donors (Lipinski definition) is 3. The fraction of sp³-hybridized carbons (Fsp3) is 0.0667. The molecule has 1 aromatic carbocycles. The maximum Gasteiger partial charge on any atom is 0.260 e. The number of carbonyl (C=O) groups excluding carboxylic acids is 2. The van der Waals surface area contributed by atoms with Crippen LogP contribution in [0.1, 0.15) is 26.3 Å². The molecule has 3 rings (SSSR count). The zero-order valence-electron chi connectivity index (χ0n) is 11.8. The molecule has 0 atom stereocenters. The van der Waals surface area contributed by atoms with Gasteiger partial charge in [-0.25, -0.2) is 4.98 Å². The van der Waals surface area contributed by atoms with Gasteiger partial charge in [-0.15, -0.1) is 11.3 Å². The van der Waals surface area contributed by atoms with E-state index in [1.807, 2.05) is 0 Å². The third-order valence-corrected chi connectivity index (χ3v) is 4.20. The Labute approximate surface area is 134 Å². The van der Waals surface area contributed by atoms with Crippen molar-refractivity contribution < 1.29 is 9.59 Å². The second kappa shape index (κ2) is 6.01. The summed E-state index contributed by atoms with van der Waals surface area (Å²) in [6, 6.07) is 6.61. The number of fused-ring (bicyclic) bond motifs is 1. The molecule has 8 heteroatoms. The Morgan fingerprint density at radius 3 is 2.70 bits per heavy atom. The van der Waals surface area contributed by atoms with Crippen LogP contribution in [0, 0.1) is 0 Å². The maximum absolute atomic E-state index is 12.3. The molecule has 0 radical (unpaired) electrons. The topological polar surface area (TPSA) is 118 Å². The minimum Gasteiger partial charge on any atom is -0.366 e. The second-order valence-corrected chi connectivity index (χ2v) is 5.66. The summed E-state index contributed by atoms with van der Waals surface area (Å²) in [7, 11) is 0. The summed E-state index contributed by atoms with van der Waals surface area (Å²) in [6.07, 6.45) is 1.31. The summed E-state index contributed by atoms with van der Waals surface area (Å²) >= 11 is 1.24. The van der Waals surface area contributed by atoms with Crippen molar-refractivity contribution in [2.45, 2.75) is 6.54 Å². The number of H-pyrrole nitrogens is 1. The number of aromatic amines is 1. The number of hydrogen-bond acceptors (Lipinski definition) is 5. The average Bonchev–Trinajstić information content (AvgIpc) is 2.98. The van der Waals surface area contributed by atoms with E-state index in [0.717, 1.165) is 5.56 Å². The first-order valence-electron chi connectivity index (χ1n) is 6.68. The number of benzene rings is 1. The molecule has 2 heterocycles. The van der Waals surface area contributed by atoms with Gasteiger partial charge in [0.05, 0.1) is 17.3 Å². The highest BCUT2D eigenvalue weighted by Gasteiger charge is 2.15. The Balaban J connectivity index is 1.76.